The van der Waals surface area contributed by atoms with Gasteiger partial charge in [-0.2, -0.15) is 0 Å². The van der Waals surface area contributed by atoms with Crippen molar-refractivity contribution in [3.8, 4) is 0 Å². The average molecular weight is 426 g/mol. The maximum atomic E-state index is 13.1. The van der Waals surface area contributed by atoms with Crippen molar-refractivity contribution in [3.05, 3.63) is 68.5 Å². The second-order valence-electron chi connectivity index (χ2n) is 7.24. The molecule has 0 atom stereocenters. The van der Waals surface area contributed by atoms with Crippen LogP contribution in [-0.4, -0.2) is 16.8 Å². The van der Waals surface area contributed by atoms with Crippen LogP contribution in [0.25, 0.3) is 0 Å². The number of urea groups is 1. The summed E-state index contributed by atoms with van der Waals surface area (Å²) in [5.74, 6) is 0.199. The number of aryl methyl sites for hydroxylation is 1. The van der Waals surface area contributed by atoms with Crippen molar-refractivity contribution < 1.29 is 9.59 Å². The number of hydrogen-bond acceptors (Lipinski definition) is 4. The zero-order valence-corrected chi connectivity index (χ0v) is 17.8. The van der Waals surface area contributed by atoms with Crippen LogP contribution in [-0.2, 0) is 17.9 Å². The number of carbonyl (C=O) groups is 2. The standard InChI is InChI=1S/C22H23N3O2S2/c1-15-6-9-17(23-21(26)16-7-8-16)12-20(15)24-22(27)25(13-18-4-2-10-28-18)14-19-5-3-11-29-19/h2-6,9-12,16H,7-8,13-14H2,1H3,(H,23,26)(H,24,27). The molecule has 0 aliphatic heterocycles. The van der Waals surface area contributed by atoms with Gasteiger partial charge in [0.2, 0.25) is 5.91 Å². The highest BCUT2D eigenvalue weighted by atomic mass is 32.1. The van der Waals surface area contributed by atoms with Gasteiger partial charge in [0.15, 0.2) is 0 Å². The van der Waals surface area contributed by atoms with E-state index in [1.807, 2.05) is 65.0 Å². The van der Waals surface area contributed by atoms with E-state index < -0.39 is 0 Å². The summed E-state index contributed by atoms with van der Waals surface area (Å²) in [7, 11) is 0. The highest BCUT2D eigenvalue weighted by Crippen LogP contribution is 2.31. The van der Waals surface area contributed by atoms with Gasteiger partial charge in [0, 0.05) is 27.0 Å². The molecule has 0 bridgehead atoms. The Hall–Kier alpha value is -2.64. The summed E-state index contributed by atoms with van der Waals surface area (Å²) < 4.78 is 0. The van der Waals surface area contributed by atoms with E-state index in [1.165, 1.54) is 0 Å². The van der Waals surface area contributed by atoms with Crippen molar-refractivity contribution in [2.45, 2.75) is 32.9 Å². The van der Waals surface area contributed by atoms with E-state index in [0.29, 0.717) is 24.5 Å². The maximum Gasteiger partial charge on any atom is 0.322 e. The highest BCUT2D eigenvalue weighted by Gasteiger charge is 2.29. The summed E-state index contributed by atoms with van der Waals surface area (Å²) in [6.45, 7) is 3.06. The van der Waals surface area contributed by atoms with E-state index in [1.54, 1.807) is 22.7 Å². The number of anilines is 2. The van der Waals surface area contributed by atoms with Gasteiger partial charge in [0.05, 0.1) is 13.1 Å². The molecule has 5 nitrogen and oxygen atoms in total. The lowest BCUT2D eigenvalue weighted by molar-refractivity contribution is -0.117. The second kappa shape index (κ2) is 8.80. The van der Waals surface area contributed by atoms with Crippen molar-refractivity contribution in [2.75, 3.05) is 10.6 Å². The van der Waals surface area contributed by atoms with Gasteiger partial charge < -0.3 is 15.5 Å². The van der Waals surface area contributed by atoms with Crippen molar-refractivity contribution in [3.63, 3.8) is 0 Å². The van der Waals surface area contributed by atoms with Crippen LogP contribution in [0.1, 0.15) is 28.2 Å². The first-order valence-corrected chi connectivity index (χ1v) is 11.4. The minimum Gasteiger partial charge on any atom is -0.326 e. The second-order valence-corrected chi connectivity index (χ2v) is 9.30. The van der Waals surface area contributed by atoms with Gasteiger partial charge in [-0.3, -0.25) is 4.79 Å². The van der Waals surface area contributed by atoms with Crippen molar-refractivity contribution in [1.82, 2.24) is 4.90 Å². The van der Waals surface area contributed by atoms with Gasteiger partial charge in [0.25, 0.3) is 0 Å². The van der Waals surface area contributed by atoms with Crippen LogP contribution in [0, 0.1) is 12.8 Å². The number of carbonyl (C=O) groups excluding carboxylic acids is 2. The van der Waals surface area contributed by atoms with Gasteiger partial charge in [-0.15, -0.1) is 22.7 Å². The molecule has 2 heterocycles. The van der Waals surface area contributed by atoms with Gasteiger partial charge in [0.1, 0.15) is 0 Å². The largest absolute Gasteiger partial charge is 0.326 e. The fourth-order valence-electron chi connectivity index (χ4n) is 3.00. The molecule has 1 aliphatic rings. The van der Waals surface area contributed by atoms with Crippen molar-refractivity contribution >= 4 is 46.0 Å². The van der Waals surface area contributed by atoms with Crippen LogP contribution in [0.15, 0.2) is 53.2 Å². The summed E-state index contributed by atoms with van der Waals surface area (Å²) in [6, 6.07) is 13.6. The Morgan fingerprint density at radius 3 is 2.21 bits per heavy atom. The maximum absolute atomic E-state index is 13.1. The Morgan fingerprint density at radius 1 is 1.00 bits per heavy atom. The molecule has 29 heavy (non-hydrogen) atoms. The molecule has 7 heteroatoms. The molecule has 3 aromatic rings. The lowest BCUT2D eigenvalue weighted by atomic mass is 10.1. The lowest BCUT2D eigenvalue weighted by Gasteiger charge is -2.23. The number of benzene rings is 1. The van der Waals surface area contributed by atoms with Crippen molar-refractivity contribution in [2.24, 2.45) is 5.92 Å². The normalized spacial score (nSPS) is 13.1. The Morgan fingerprint density at radius 2 is 1.66 bits per heavy atom. The van der Waals surface area contributed by atoms with E-state index in [9.17, 15) is 9.59 Å². The number of nitrogens with zero attached hydrogens (tertiary/aromatic N) is 1. The topological polar surface area (TPSA) is 61.4 Å². The lowest BCUT2D eigenvalue weighted by Crippen LogP contribution is -2.33. The first-order chi connectivity index (χ1) is 14.1. The van der Waals surface area contributed by atoms with Gasteiger partial charge in [-0.25, -0.2) is 4.79 Å². The molecular formula is C22H23N3O2S2. The molecule has 1 aromatic carbocycles. The van der Waals surface area contributed by atoms with E-state index in [0.717, 1.165) is 28.2 Å². The molecule has 0 radical (unpaired) electrons. The summed E-state index contributed by atoms with van der Waals surface area (Å²) in [6.07, 6.45) is 1.92. The van der Waals surface area contributed by atoms with E-state index in [2.05, 4.69) is 10.6 Å². The first-order valence-electron chi connectivity index (χ1n) is 9.60. The van der Waals surface area contributed by atoms with Gasteiger partial charge in [-0.05, 0) is 60.4 Å². The van der Waals surface area contributed by atoms with Crippen LogP contribution >= 0.6 is 22.7 Å². The number of rotatable bonds is 7. The quantitative estimate of drug-likeness (QED) is 0.510. The average Bonchev–Trinajstić information content (AvgIpc) is 3.19. The Kier molecular flexibility index (Phi) is 5.97. The number of nitrogens with one attached hydrogen (secondary N) is 2. The zero-order valence-electron chi connectivity index (χ0n) is 16.2. The van der Waals surface area contributed by atoms with Crippen LogP contribution in [0.2, 0.25) is 0 Å². The van der Waals surface area contributed by atoms with E-state index in [4.69, 9.17) is 0 Å². The summed E-state index contributed by atoms with van der Waals surface area (Å²) in [4.78, 5) is 29.2. The third-order valence-electron chi connectivity index (χ3n) is 4.84. The number of hydrogen-bond donors (Lipinski definition) is 2. The Labute approximate surface area is 178 Å². The monoisotopic (exact) mass is 425 g/mol. The Bertz CT molecular complexity index is 943. The SMILES string of the molecule is Cc1ccc(NC(=O)C2CC2)cc1NC(=O)N(Cc1cccs1)Cc1cccs1. The molecule has 4 rings (SSSR count). The minimum atomic E-state index is -0.152. The Balaban J connectivity index is 1.49. The van der Waals surface area contributed by atoms with E-state index in [-0.39, 0.29) is 17.9 Å². The number of amides is 3. The summed E-state index contributed by atoms with van der Waals surface area (Å²) in [5, 5.41) is 10.0. The third-order valence-corrected chi connectivity index (χ3v) is 6.56. The van der Waals surface area contributed by atoms with Crippen LogP contribution in [0.3, 0.4) is 0 Å². The molecule has 1 fully saturated rings. The smallest absolute Gasteiger partial charge is 0.322 e. The fourth-order valence-corrected chi connectivity index (χ4v) is 4.44. The summed E-state index contributed by atoms with van der Waals surface area (Å²) >= 11 is 3.29. The fraction of sp³-hybridized carbons (Fsp3) is 0.273. The van der Waals surface area contributed by atoms with Crippen LogP contribution in [0.4, 0.5) is 16.2 Å². The first kappa shape index (κ1) is 19.7. The molecule has 0 unspecified atom stereocenters. The highest BCUT2D eigenvalue weighted by molar-refractivity contribution is 7.10. The summed E-state index contributed by atoms with van der Waals surface area (Å²) in [5.41, 5.74) is 2.38. The molecular weight excluding hydrogens is 402 g/mol. The zero-order chi connectivity index (χ0) is 20.2. The predicted octanol–water partition coefficient (Wildman–Crippen LogP) is 5.70. The minimum absolute atomic E-state index is 0.0585. The van der Waals surface area contributed by atoms with Crippen molar-refractivity contribution in [1.29, 1.82) is 0 Å². The molecule has 0 saturated heterocycles. The molecule has 1 aliphatic carbocycles. The molecule has 150 valence electrons. The molecule has 0 spiro atoms. The molecule has 2 aromatic heterocycles. The van der Waals surface area contributed by atoms with E-state index >= 15 is 0 Å². The van der Waals surface area contributed by atoms with Gasteiger partial charge >= 0.3 is 6.03 Å². The van der Waals surface area contributed by atoms with Gasteiger partial charge in [-0.1, -0.05) is 18.2 Å². The number of thiophene rings is 2. The third kappa shape index (κ3) is 5.25. The molecule has 3 amide bonds. The van der Waals surface area contributed by atoms with Crippen LogP contribution in [0.5, 0.6) is 0 Å². The predicted molar refractivity (Wildman–Crippen MR) is 119 cm³/mol. The van der Waals surface area contributed by atoms with Crippen LogP contribution < -0.4 is 10.6 Å². The molecule has 2 N–H and O–H groups in total. The molecule has 1 saturated carbocycles.